The van der Waals surface area contributed by atoms with Gasteiger partial charge in [-0.25, -0.2) is 4.98 Å². The number of nitrogens with two attached hydrogens (primary N) is 1. The number of nitrogens with zero attached hydrogens (tertiary/aromatic N) is 4. The minimum atomic E-state index is -0.452. The van der Waals surface area contributed by atoms with Crippen LogP contribution < -0.4 is 11.1 Å². The van der Waals surface area contributed by atoms with E-state index in [9.17, 15) is 9.59 Å². The summed E-state index contributed by atoms with van der Waals surface area (Å²) >= 11 is 0. The molecule has 9 nitrogen and oxygen atoms in total. The normalized spacial score (nSPS) is 12.0. The van der Waals surface area contributed by atoms with Crippen LogP contribution in [0.15, 0.2) is 24.3 Å². The standard InChI is InChI=1S/C22H28N6O3/c1-5-16-6-8-17(9-7-16)13(2)24-19(29)12-31-20(30)11-10-18-14(3)25-22-26-21(23)27-28(22)15(18)4/h6-9,13H,5,10-12H2,1-4H3,(H2,23,27)(H,24,29)/t13-/m0/s1. The van der Waals surface area contributed by atoms with E-state index in [-0.39, 0.29) is 30.9 Å². The first-order chi connectivity index (χ1) is 14.8. The summed E-state index contributed by atoms with van der Waals surface area (Å²) in [4.78, 5) is 32.7. The molecule has 164 valence electrons. The first-order valence-electron chi connectivity index (χ1n) is 10.3. The average Bonchev–Trinajstić information content (AvgIpc) is 3.12. The summed E-state index contributed by atoms with van der Waals surface area (Å²) in [5, 5.41) is 6.96. The van der Waals surface area contributed by atoms with E-state index < -0.39 is 5.97 Å². The summed E-state index contributed by atoms with van der Waals surface area (Å²) in [6.45, 7) is 7.40. The molecule has 2 aromatic heterocycles. The summed E-state index contributed by atoms with van der Waals surface area (Å²) in [5.41, 5.74) is 10.3. The number of nitrogens with one attached hydrogen (secondary N) is 1. The van der Waals surface area contributed by atoms with Crippen molar-refractivity contribution in [2.45, 2.75) is 53.0 Å². The molecule has 3 N–H and O–H groups in total. The topological polar surface area (TPSA) is 124 Å². The lowest BCUT2D eigenvalue weighted by atomic mass is 10.1. The molecule has 0 aliphatic heterocycles. The predicted molar refractivity (Wildman–Crippen MR) is 116 cm³/mol. The zero-order valence-corrected chi connectivity index (χ0v) is 18.3. The van der Waals surface area contributed by atoms with Crippen molar-refractivity contribution in [3.63, 3.8) is 0 Å². The molecule has 1 amide bonds. The Morgan fingerprint density at radius 2 is 1.90 bits per heavy atom. The minimum Gasteiger partial charge on any atom is -0.456 e. The highest BCUT2D eigenvalue weighted by Gasteiger charge is 2.16. The lowest BCUT2D eigenvalue weighted by molar-refractivity contribution is -0.148. The van der Waals surface area contributed by atoms with Crippen molar-refractivity contribution >= 4 is 23.6 Å². The van der Waals surface area contributed by atoms with Crippen LogP contribution >= 0.6 is 0 Å². The van der Waals surface area contributed by atoms with Gasteiger partial charge in [-0.1, -0.05) is 31.2 Å². The predicted octanol–water partition coefficient (Wildman–Crippen LogP) is 2.24. The van der Waals surface area contributed by atoms with Gasteiger partial charge in [0.1, 0.15) is 0 Å². The molecule has 0 radical (unpaired) electrons. The molecule has 1 atom stereocenters. The Bertz CT molecular complexity index is 1090. The summed E-state index contributed by atoms with van der Waals surface area (Å²) in [7, 11) is 0. The fourth-order valence-corrected chi connectivity index (χ4v) is 3.44. The fourth-order valence-electron chi connectivity index (χ4n) is 3.44. The smallest absolute Gasteiger partial charge is 0.306 e. The summed E-state index contributed by atoms with van der Waals surface area (Å²) in [6.07, 6.45) is 1.51. The van der Waals surface area contributed by atoms with E-state index in [2.05, 4.69) is 27.3 Å². The number of carbonyl (C=O) groups is 2. The number of fused-ring (bicyclic) bond motifs is 1. The summed E-state index contributed by atoms with van der Waals surface area (Å²) < 4.78 is 6.70. The minimum absolute atomic E-state index is 0.125. The van der Waals surface area contributed by atoms with Gasteiger partial charge in [-0.3, -0.25) is 9.59 Å². The molecule has 0 bridgehead atoms. The molecule has 2 heterocycles. The first-order valence-corrected chi connectivity index (χ1v) is 10.3. The van der Waals surface area contributed by atoms with Crippen molar-refractivity contribution in [3.8, 4) is 0 Å². The Morgan fingerprint density at radius 3 is 2.58 bits per heavy atom. The Hall–Kier alpha value is -3.49. The van der Waals surface area contributed by atoms with Crippen LogP contribution in [0.4, 0.5) is 5.95 Å². The molecule has 0 spiro atoms. The molecule has 0 aliphatic carbocycles. The maximum Gasteiger partial charge on any atom is 0.306 e. The third-order valence-corrected chi connectivity index (χ3v) is 5.27. The Morgan fingerprint density at radius 1 is 1.19 bits per heavy atom. The van der Waals surface area contributed by atoms with E-state index >= 15 is 0 Å². The van der Waals surface area contributed by atoms with Gasteiger partial charge in [-0.05, 0) is 50.3 Å². The van der Waals surface area contributed by atoms with Crippen molar-refractivity contribution in [2.24, 2.45) is 0 Å². The van der Waals surface area contributed by atoms with Crippen LogP contribution in [0, 0.1) is 13.8 Å². The van der Waals surface area contributed by atoms with Gasteiger partial charge in [0, 0.05) is 17.8 Å². The Kier molecular flexibility index (Phi) is 6.84. The number of carbonyl (C=O) groups excluding carboxylic acids is 2. The van der Waals surface area contributed by atoms with Crippen LogP contribution in [-0.2, 0) is 27.2 Å². The molecule has 0 saturated carbocycles. The van der Waals surface area contributed by atoms with Crippen LogP contribution in [0.1, 0.15) is 54.4 Å². The van der Waals surface area contributed by atoms with Gasteiger partial charge in [0.25, 0.3) is 11.7 Å². The molecule has 9 heteroatoms. The Balaban J connectivity index is 1.50. The number of benzene rings is 1. The lowest BCUT2D eigenvalue weighted by Gasteiger charge is -2.15. The van der Waals surface area contributed by atoms with E-state index in [1.807, 2.05) is 45.0 Å². The second-order valence-electron chi connectivity index (χ2n) is 7.49. The van der Waals surface area contributed by atoms with Gasteiger partial charge in [0.05, 0.1) is 6.04 Å². The van der Waals surface area contributed by atoms with Crippen LogP contribution in [-0.4, -0.2) is 38.1 Å². The van der Waals surface area contributed by atoms with E-state index in [1.165, 1.54) is 5.56 Å². The van der Waals surface area contributed by atoms with Gasteiger partial charge in [-0.15, -0.1) is 5.10 Å². The van der Waals surface area contributed by atoms with Crippen LogP contribution in [0.3, 0.4) is 0 Å². The molecule has 3 aromatic rings. The van der Waals surface area contributed by atoms with Crippen molar-refractivity contribution in [1.82, 2.24) is 24.9 Å². The third kappa shape index (κ3) is 5.36. The largest absolute Gasteiger partial charge is 0.456 e. The van der Waals surface area contributed by atoms with Gasteiger partial charge >= 0.3 is 5.97 Å². The highest BCUT2D eigenvalue weighted by Crippen LogP contribution is 2.16. The molecule has 0 aliphatic rings. The zero-order chi connectivity index (χ0) is 22.5. The number of ether oxygens (including phenoxy) is 1. The second kappa shape index (κ2) is 9.55. The van der Waals surface area contributed by atoms with Crippen molar-refractivity contribution in [1.29, 1.82) is 0 Å². The molecule has 0 saturated heterocycles. The van der Waals surface area contributed by atoms with Crippen molar-refractivity contribution in [2.75, 3.05) is 12.3 Å². The van der Waals surface area contributed by atoms with E-state index in [4.69, 9.17) is 10.5 Å². The van der Waals surface area contributed by atoms with Gasteiger partial charge in [-0.2, -0.15) is 9.50 Å². The number of aryl methyl sites for hydroxylation is 3. The SMILES string of the molecule is CCc1ccc([C@H](C)NC(=O)COC(=O)CCc2c(C)nc3nc(N)nn3c2C)cc1. The number of esters is 1. The number of rotatable bonds is 8. The number of hydrogen-bond donors (Lipinski definition) is 2. The molecular formula is C22H28N6O3. The molecule has 1 aromatic carbocycles. The van der Waals surface area contributed by atoms with Crippen LogP contribution in [0.5, 0.6) is 0 Å². The highest BCUT2D eigenvalue weighted by molar-refractivity contribution is 5.80. The number of nitrogen functional groups attached to an aromatic ring is 1. The van der Waals surface area contributed by atoms with Crippen LogP contribution in [0.25, 0.3) is 5.78 Å². The fraction of sp³-hybridized carbons (Fsp3) is 0.409. The van der Waals surface area contributed by atoms with Crippen molar-refractivity contribution < 1.29 is 14.3 Å². The second-order valence-corrected chi connectivity index (χ2v) is 7.49. The van der Waals surface area contributed by atoms with E-state index in [1.54, 1.807) is 4.52 Å². The molecule has 0 fully saturated rings. The number of amides is 1. The number of anilines is 1. The van der Waals surface area contributed by atoms with Gasteiger partial charge in [0.2, 0.25) is 5.95 Å². The van der Waals surface area contributed by atoms with E-state index in [0.29, 0.717) is 12.2 Å². The van der Waals surface area contributed by atoms with Gasteiger partial charge in [0.15, 0.2) is 6.61 Å². The number of aromatic nitrogens is 4. The summed E-state index contributed by atoms with van der Waals surface area (Å²) in [6, 6.07) is 7.90. The van der Waals surface area contributed by atoms with Gasteiger partial charge < -0.3 is 15.8 Å². The molecule has 0 unspecified atom stereocenters. The first kappa shape index (κ1) is 22.2. The average molecular weight is 425 g/mol. The lowest BCUT2D eigenvalue weighted by Crippen LogP contribution is -2.31. The van der Waals surface area contributed by atoms with E-state index in [0.717, 1.165) is 28.9 Å². The monoisotopic (exact) mass is 424 g/mol. The maximum absolute atomic E-state index is 12.2. The van der Waals surface area contributed by atoms with Crippen LogP contribution in [0.2, 0.25) is 0 Å². The quantitative estimate of drug-likeness (QED) is 0.531. The van der Waals surface area contributed by atoms with Crippen molar-refractivity contribution in [3.05, 3.63) is 52.3 Å². The number of hydrogen-bond acceptors (Lipinski definition) is 7. The highest BCUT2D eigenvalue weighted by atomic mass is 16.5. The zero-order valence-electron chi connectivity index (χ0n) is 18.3. The third-order valence-electron chi connectivity index (χ3n) is 5.27. The maximum atomic E-state index is 12.2. The Labute approximate surface area is 181 Å². The molecule has 31 heavy (non-hydrogen) atoms. The summed E-state index contributed by atoms with van der Waals surface area (Å²) in [5.74, 6) is -0.219. The molecule has 3 rings (SSSR count). The molecular weight excluding hydrogens is 396 g/mol.